The van der Waals surface area contributed by atoms with Gasteiger partial charge in [-0.1, -0.05) is 57.9 Å². The van der Waals surface area contributed by atoms with Gasteiger partial charge in [0.05, 0.1) is 16.6 Å². The van der Waals surface area contributed by atoms with E-state index in [1.165, 1.54) is 18.4 Å². The zero-order chi connectivity index (χ0) is 23.9. The minimum Gasteiger partial charge on any atom is -0.478 e. The van der Waals surface area contributed by atoms with Crippen molar-refractivity contribution in [1.29, 1.82) is 0 Å². The van der Waals surface area contributed by atoms with E-state index in [-0.39, 0.29) is 11.0 Å². The number of rotatable bonds is 5. The highest BCUT2D eigenvalue weighted by Gasteiger charge is 2.24. The summed E-state index contributed by atoms with van der Waals surface area (Å²) < 4.78 is 8.48. The molecule has 0 bridgehead atoms. The number of aromatic nitrogens is 2. The summed E-state index contributed by atoms with van der Waals surface area (Å²) in [5.41, 5.74) is 4.27. The Morgan fingerprint density at radius 2 is 1.71 bits per heavy atom. The van der Waals surface area contributed by atoms with Crippen molar-refractivity contribution >= 4 is 17.0 Å². The van der Waals surface area contributed by atoms with Gasteiger partial charge in [0.15, 0.2) is 0 Å². The predicted molar refractivity (Wildman–Crippen MR) is 135 cm³/mol. The summed E-state index contributed by atoms with van der Waals surface area (Å²) in [5, 5.41) is 9.44. The van der Waals surface area contributed by atoms with Crippen LogP contribution in [0.2, 0.25) is 0 Å². The molecule has 1 N–H and O–H groups in total. The summed E-state index contributed by atoms with van der Waals surface area (Å²) in [4.78, 5) is 16.4. The van der Waals surface area contributed by atoms with Crippen LogP contribution >= 0.6 is 0 Å². The van der Waals surface area contributed by atoms with Crippen LogP contribution in [0.4, 0.5) is 0 Å². The maximum atomic E-state index is 11.5. The summed E-state index contributed by atoms with van der Waals surface area (Å²) in [7, 11) is 0. The fourth-order valence-corrected chi connectivity index (χ4v) is 4.83. The van der Waals surface area contributed by atoms with Crippen molar-refractivity contribution < 1.29 is 14.6 Å². The number of ether oxygens (including phenoxy) is 1. The molecule has 174 valence electrons. The Morgan fingerprint density at radius 1 is 0.971 bits per heavy atom. The van der Waals surface area contributed by atoms with Gasteiger partial charge in [0.25, 0.3) is 0 Å². The third-order valence-electron chi connectivity index (χ3n) is 6.67. The van der Waals surface area contributed by atoms with E-state index in [1.54, 1.807) is 12.1 Å². The molecule has 4 aromatic rings. The molecule has 0 saturated heterocycles. The highest BCUT2D eigenvalue weighted by atomic mass is 16.5. The van der Waals surface area contributed by atoms with Crippen molar-refractivity contribution in [3.8, 4) is 22.9 Å². The minimum atomic E-state index is -0.938. The van der Waals surface area contributed by atoms with Crippen molar-refractivity contribution in [3.05, 3.63) is 77.9 Å². The van der Waals surface area contributed by atoms with Crippen LogP contribution < -0.4 is 4.74 Å². The van der Waals surface area contributed by atoms with Crippen LogP contribution in [0.5, 0.6) is 11.5 Å². The van der Waals surface area contributed by atoms with E-state index < -0.39 is 5.97 Å². The van der Waals surface area contributed by atoms with Gasteiger partial charge in [-0.25, -0.2) is 9.78 Å². The fourth-order valence-electron chi connectivity index (χ4n) is 4.83. The maximum Gasteiger partial charge on any atom is 0.335 e. The number of fused-ring (bicyclic) bond motifs is 1. The first-order chi connectivity index (χ1) is 16.3. The Hall–Kier alpha value is -3.60. The Morgan fingerprint density at radius 3 is 2.38 bits per heavy atom. The summed E-state index contributed by atoms with van der Waals surface area (Å²) in [6.45, 7) is 6.59. The van der Waals surface area contributed by atoms with Gasteiger partial charge in [0, 0.05) is 11.6 Å². The lowest BCUT2D eigenvalue weighted by Crippen LogP contribution is -2.10. The normalized spacial score (nSPS) is 14.6. The van der Waals surface area contributed by atoms with Crippen molar-refractivity contribution in [2.24, 2.45) is 0 Å². The lowest BCUT2D eigenvalue weighted by molar-refractivity contribution is 0.0697. The lowest BCUT2D eigenvalue weighted by Gasteiger charge is -2.19. The molecule has 1 fully saturated rings. The maximum absolute atomic E-state index is 11.5. The smallest absolute Gasteiger partial charge is 0.335 e. The average molecular weight is 455 g/mol. The number of hydrogen-bond donors (Lipinski definition) is 1. The Bertz CT molecular complexity index is 1340. The number of hydrogen-bond acceptors (Lipinski definition) is 3. The Balaban J connectivity index is 1.53. The molecule has 0 unspecified atom stereocenters. The molecular formula is C29H30N2O3. The highest BCUT2D eigenvalue weighted by molar-refractivity contribution is 5.93. The predicted octanol–water partition coefficient (Wildman–Crippen LogP) is 7.61. The van der Waals surface area contributed by atoms with E-state index in [0.717, 1.165) is 41.2 Å². The zero-order valence-corrected chi connectivity index (χ0v) is 19.9. The van der Waals surface area contributed by atoms with Crippen LogP contribution in [0.25, 0.3) is 22.4 Å². The summed E-state index contributed by atoms with van der Waals surface area (Å²) in [6, 6.07) is 21.8. The molecule has 5 heteroatoms. The fraction of sp³-hybridized carbons (Fsp3) is 0.310. The molecule has 0 amide bonds. The number of carboxylic acid groups (broad SMARTS) is 1. The average Bonchev–Trinajstić information content (AvgIpc) is 3.46. The van der Waals surface area contributed by atoms with Gasteiger partial charge >= 0.3 is 5.97 Å². The van der Waals surface area contributed by atoms with Crippen molar-refractivity contribution in [1.82, 2.24) is 9.55 Å². The molecule has 1 heterocycles. The second kappa shape index (κ2) is 8.64. The van der Waals surface area contributed by atoms with Gasteiger partial charge in [0.2, 0.25) is 0 Å². The van der Waals surface area contributed by atoms with Crippen LogP contribution in [-0.4, -0.2) is 20.6 Å². The van der Waals surface area contributed by atoms with E-state index in [9.17, 15) is 9.90 Å². The van der Waals surface area contributed by atoms with Crippen LogP contribution in [0.15, 0.2) is 66.7 Å². The number of imidazole rings is 1. The lowest BCUT2D eigenvalue weighted by atomic mass is 9.87. The number of carboxylic acids is 1. The van der Waals surface area contributed by atoms with Crippen LogP contribution in [-0.2, 0) is 5.41 Å². The number of aromatic carboxylic acids is 1. The van der Waals surface area contributed by atoms with Crippen LogP contribution in [0.3, 0.4) is 0 Å². The summed E-state index contributed by atoms with van der Waals surface area (Å²) in [5.74, 6) is 1.46. The van der Waals surface area contributed by atoms with Crippen molar-refractivity contribution in [2.75, 3.05) is 0 Å². The van der Waals surface area contributed by atoms with Gasteiger partial charge < -0.3 is 14.4 Å². The van der Waals surface area contributed by atoms with E-state index in [4.69, 9.17) is 9.72 Å². The molecular weight excluding hydrogens is 424 g/mol. The third kappa shape index (κ3) is 4.30. The standard InChI is InChI=1S/C29H30N2O3/c1-29(2,3)21-12-14-23(15-13-21)34-24-10-6-7-19(17-24)27-30-25-18-20(28(32)33)11-16-26(25)31(27)22-8-4-5-9-22/h6-7,10-18,22H,4-5,8-9H2,1-3H3,(H,32,33). The topological polar surface area (TPSA) is 64.3 Å². The molecule has 1 aliphatic rings. The largest absolute Gasteiger partial charge is 0.478 e. The number of benzene rings is 3. The van der Waals surface area contributed by atoms with E-state index in [2.05, 4.69) is 37.5 Å². The first-order valence-electron chi connectivity index (χ1n) is 11.9. The first kappa shape index (κ1) is 22.2. The molecule has 5 nitrogen and oxygen atoms in total. The van der Waals surface area contributed by atoms with Crippen LogP contribution in [0, 0.1) is 0 Å². The molecule has 1 aliphatic carbocycles. The summed E-state index contributed by atoms with van der Waals surface area (Å²) >= 11 is 0. The number of nitrogens with zero attached hydrogens (tertiary/aromatic N) is 2. The second-order valence-electron chi connectivity index (χ2n) is 10.2. The quantitative estimate of drug-likeness (QED) is 0.337. The van der Waals surface area contributed by atoms with Crippen molar-refractivity contribution in [2.45, 2.75) is 57.9 Å². The molecule has 0 atom stereocenters. The monoisotopic (exact) mass is 454 g/mol. The van der Waals surface area contributed by atoms with Crippen molar-refractivity contribution in [3.63, 3.8) is 0 Å². The first-order valence-corrected chi connectivity index (χ1v) is 11.9. The minimum absolute atomic E-state index is 0.0955. The molecule has 0 spiro atoms. The Kier molecular flexibility index (Phi) is 5.64. The number of carbonyl (C=O) groups is 1. The molecule has 5 rings (SSSR count). The molecule has 34 heavy (non-hydrogen) atoms. The van der Waals surface area contributed by atoms with E-state index in [0.29, 0.717) is 11.6 Å². The molecule has 1 saturated carbocycles. The van der Waals surface area contributed by atoms with Gasteiger partial charge in [-0.05, 0) is 66.3 Å². The molecule has 1 aromatic heterocycles. The van der Waals surface area contributed by atoms with Gasteiger partial charge in [-0.3, -0.25) is 0 Å². The highest BCUT2D eigenvalue weighted by Crippen LogP contribution is 2.38. The summed E-state index contributed by atoms with van der Waals surface area (Å²) in [6.07, 6.45) is 4.61. The van der Waals surface area contributed by atoms with Gasteiger partial charge in [-0.15, -0.1) is 0 Å². The van der Waals surface area contributed by atoms with Gasteiger partial charge in [-0.2, -0.15) is 0 Å². The van der Waals surface area contributed by atoms with Gasteiger partial charge in [0.1, 0.15) is 17.3 Å². The Labute approximate surface area is 200 Å². The van der Waals surface area contributed by atoms with E-state index in [1.807, 2.05) is 42.5 Å². The molecule has 3 aromatic carbocycles. The second-order valence-corrected chi connectivity index (χ2v) is 10.2. The zero-order valence-electron chi connectivity index (χ0n) is 19.9. The molecule has 0 radical (unpaired) electrons. The van der Waals surface area contributed by atoms with Crippen LogP contribution in [0.1, 0.15) is 68.4 Å². The van der Waals surface area contributed by atoms with E-state index >= 15 is 0 Å². The third-order valence-corrected chi connectivity index (χ3v) is 6.67. The molecule has 0 aliphatic heterocycles. The SMILES string of the molecule is CC(C)(C)c1ccc(Oc2cccc(-c3nc4cc(C(=O)O)ccc4n3C3CCCC3)c2)cc1.